The molecule has 3 unspecified atom stereocenters. The van der Waals surface area contributed by atoms with Crippen LogP contribution in [0.15, 0.2) is 18.2 Å². The van der Waals surface area contributed by atoms with Crippen molar-refractivity contribution in [2.24, 2.45) is 11.3 Å². The zero-order chi connectivity index (χ0) is 17.7. The zero-order valence-corrected chi connectivity index (χ0v) is 16.0. The van der Waals surface area contributed by atoms with Crippen LogP contribution in [0.3, 0.4) is 0 Å². The maximum atomic E-state index is 14.4. The molecule has 1 saturated heterocycles. The lowest BCUT2D eigenvalue weighted by Crippen LogP contribution is -2.33. The Hall–Kier alpha value is -0.800. The summed E-state index contributed by atoms with van der Waals surface area (Å²) in [5.74, 6) is -0.792. The molecule has 2 N–H and O–H groups in total. The van der Waals surface area contributed by atoms with E-state index in [1.54, 1.807) is 30.1 Å². The third-order valence-electron chi connectivity index (χ3n) is 4.82. The summed E-state index contributed by atoms with van der Waals surface area (Å²) in [7, 11) is 0. The Labute approximate surface area is 153 Å². The Bertz CT molecular complexity index is 602. The summed E-state index contributed by atoms with van der Waals surface area (Å²) in [6.45, 7) is 5.99. The molecule has 0 amide bonds. The summed E-state index contributed by atoms with van der Waals surface area (Å²) in [5.41, 5.74) is 0.656. The molecule has 1 fully saturated rings. The van der Waals surface area contributed by atoms with Crippen LogP contribution in [0.4, 0.5) is 4.39 Å². The van der Waals surface area contributed by atoms with Crippen LogP contribution in [0.5, 0.6) is 0 Å². The predicted molar refractivity (Wildman–Crippen MR) is 99.6 cm³/mol. The second-order valence-corrected chi connectivity index (χ2v) is 8.24. The normalized spacial score (nSPS) is 24.1. The Morgan fingerprint density at radius 1 is 1.50 bits per heavy atom. The van der Waals surface area contributed by atoms with E-state index in [4.69, 9.17) is 11.6 Å². The van der Waals surface area contributed by atoms with Crippen LogP contribution in [0.1, 0.15) is 38.2 Å². The lowest BCUT2D eigenvalue weighted by molar-refractivity contribution is 0.259. The molecule has 0 aliphatic carbocycles. The molecule has 1 aliphatic heterocycles. The summed E-state index contributed by atoms with van der Waals surface area (Å²) in [4.78, 5) is 0. The van der Waals surface area contributed by atoms with Crippen LogP contribution < -0.4 is 10.0 Å². The summed E-state index contributed by atoms with van der Waals surface area (Å²) >= 11 is 7.53. The van der Waals surface area contributed by atoms with E-state index < -0.39 is 5.82 Å². The maximum absolute atomic E-state index is 14.4. The van der Waals surface area contributed by atoms with Crippen molar-refractivity contribution in [3.63, 3.8) is 0 Å². The fourth-order valence-corrected chi connectivity index (χ4v) is 3.98. The van der Waals surface area contributed by atoms with Crippen molar-refractivity contribution >= 4 is 23.5 Å². The molecular formula is C18H25ClFN3S. The molecular weight excluding hydrogens is 345 g/mol. The maximum Gasteiger partial charge on any atom is 0.145 e. The average molecular weight is 370 g/mol. The zero-order valence-electron chi connectivity index (χ0n) is 14.4. The minimum Gasteiger partial charge on any atom is -0.312 e. The van der Waals surface area contributed by atoms with Gasteiger partial charge in [-0.1, -0.05) is 49.5 Å². The van der Waals surface area contributed by atoms with Crippen LogP contribution >= 0.6 is 23.5 Å². The van der Waals surface area contributed by atoms with Gasteiger partial charge in [-0.2, -0.15) is 5.26 Å². The van der Waals surface area contributed by atoms with Gasteiger partial charge in [0.15, 0.2) is 0 Å². The third kappa shape index (κ3) is 4.64. The predicted octanol–water partition coefficient (Wildman–Crippen LogP) is 4.35. The standard InChI is InChI=1S/C18H25ClFN3S/c1-18(2,7-8-23-24-3)9-16-13(10-21)14(11-22-16)12-5-4-6-15(19)17(12)20/h4-6,13-14,16,22-23H,7-9,11H2,1-3H3. The first-order valence-electron chi connectivity index (χ1n) is 8.22. The Morgan fingerprint density at radius 3 is 2.92 bits per heavy atom. The van der Waals surface area contributed by atoms with Gasteiger partial charge in [0.25, 0.3) is 0 Å². The molecule has 1 aromatic carbocycles. The SMILES string of the molecule is CSNCCC(C)(C)CC1NCC(c2cccc(Cl)c2F)C1C#N. The highest BCUT2D eigenvalue weighted by Gasteiger charge is 2.40. The molecule has 0 spiro atoms. The number of hydrogen-bond donors (Lipinski definition) is 2. The number of hydrogen-bond acceptors (Lipinski definition) is 4. The first kappa shape index (κ1) is 19.5. The van der Waals surface area contributed by atoms with Crippen molar-refractivity contribution in [2.45, 2.75) is 38.6 Å². The number of nitrogens with one attached hydrogen (secondary N) is 2. The van der Waals surface area contributed by atoms with Crippen LogP contribution in [0.2, 0.25) is 5.02 Å². The van der Waals surface area contributed by atoms with Gasteiger partial charge < -0.3 is 5.32 Å². The minimum absolute atomic E-state index is 0.0719. The van der Waals surface area contributed by atoms with Gasteiger partial charge in [-0.15, -0.1) is 0 Å². The molecule has 0 radical (unpaired) electrons. The molecule has 0 bridgehead atoms. The van der Waals surface area contributed by atoms with Gasteiger partial charge >= 0.3 is 0 Å². The Balaban J connectivity index is 2.10. The molecule has 1 heterocycles. The molecule has 0 aromatic heterocycles. The largest absolute Gasteiger partial charge is 0.312 e. The highest BCUT2D eigenvalue weighted by molar-refractivity contribution is 7.96. The van der Waals surface area contributed by atoms with Gasteiger partial charge in [0.1, 0.15) is 5.82 Å². The molecule has 132 valence electrons. The number of halogens is 2. The number of nitriles is 1. The summed E-state index contributed by atoms with van der Waals surface area (Å²) < 4.78 is 17.6. The molecule has 24 heavy (non-hydrogen) atoms. The third-order valence-corrected chi connectivity index (χ3v) is 5.60. The van der Waals surface area contributed by atoms with Gasteiger partial charge in [0.05, 0.1) is 17.0 Å². The fourth-order valence-electron chi connectivity index (χ4n) is 3.49. The van der Waals surface area contributed by atoms with Crippen molar-refractivity contribution in [3.8, 4) is 6.07 Å². The van der Waals surface area contributed by atoms with E-state index in [9.17, 15) is 9.65 Å². The van der Waals surface area contributed by atoms with Gasteiger partial charge in [0.2, 0.25) is 0 Å². The van der Waals surface area contributed by atoms with Crippen molar-refractivity contribution in [3.05, 3.63) is 34.6 Å². The molecule has 1 aromatic rings. The van der Waals surface area contributed by atoms with Crippen LogP contribution in [-0.4, -0.2) is 25.4 Å². The van der Waals surface area contributed by atoms with Gasteiger partial charge in [0, 0.05) is 25.0 Å². The molecule has 3 atom stereocenters. The minimum atomic E-state index is -0.393. The quantitative estimate of drug-likeness (QED) is 0.554. The van der Waals surface area contributed by atoms with Crippen molar-refractivity contribution in [2.75, 3.05) is 19.3 Å². The van der Waals surface area contributed by atoms with Crippen molar-refractivity contribution in [1.29, 1.82) is 5.26 Å². The van der Waals surface area contributed by atoms with E-state index in [-0.39, 0.29) is 28.3 Å². The number of rotatable bonds is 7. The first-order valence-corrected chi connectivity index (χ1v) is 9.82. The second kappa shape index (κ2) is 8.53. The van der Waals surface area contributed by atoms with Crippen LogP contribution in [0, 0.1) is 28.5 Å². The van der Waals surface area contributed by atoms with E-state index in [2.05, 4.69) is 30.0 Å². The Kier molecular flexibility index (Phi) is 6.94. The molecule has 3 nitrogen and oxygen atoms in total. The Morgan fingerprint density at radius 2 is 2.25 bits per heavy atom. The second-order valence-electron chi connectivity index (χ2n) is 7.14. The molecule has 6 heteroatoms. The lowest BCUT2D eigenvalue weighted by atomic mass is 9.77. The molecule has 1 aliphatic rings. The van der Waals surface area contributed by atoms with Crippen molar-refractivity contribution in [1.82, 2.24) is 10.0 Å². The summed E-state index contributed by atoms with van der Waals surface area (Å²) in [6.07, 6.45) is 3.93. The van der Waals surface area contributed by atoms with E-state index >= 15 is 0 Å². The number of nitrogens with zero attached hydrogens (tertiary/aromatic N) is 1. The average Bonchev–Trinajstić information content (AvgIpc) is 2.91. The first-order chi connectivity index (χ1) is 11.4. The lowest BCUT2D eigenvalue weighted by Gasteiger charge is -2.30. The topological polar surface area (TPSA) is 47.8 Å². The number of benzene rings is 1. The van der Waals surface area contributed by atoms with E-state index in [1.807, 2.05) is 6.26 Å². The van der Waals surface area contributed by atoms with Crippen LogP contribution in [0.25, 0.3) is 0 Å². The van der Waals surface area contributed by atoms with Gasteiger partial charge in [-0.25, -0.2) is 4.39 Å². The highest BCUT2D eigenvalue weighted by atomic mass is 35.5. The van der Waals surface area contributed by atoms with E-state index in [0.717, 1.165) is 19.4 Å². The molecule has 2 rings (SSSR count). The van der Waals surface area contributed by atoms with Crippen LogP contribution in [-0.2, 0) is 0 Å². The van der Waals surface area contributed by atoms with Crippen molar-refractivity contribution < 1.29 is 4.39 Å². The fraction of sp³-hybridized carbons (Fsp3) is 0.611. The van der Waals surface area contributed by atoms with Gasteiger partial charge in [-0.3, -0.25) is 4.72 Å². The smallest absolute Gasteiger partial charge is 0.145 e. The van der Waals surface area contributed by atoms with Gasteiger partial charge in [-0.05, 0) is 36.1 Å². The summed E-state index contributed by atoms with van der Waals surface area (Å²) in [5, 5.41) is 13.2. The van der Waals surface area contributed by atoms with E-state index in [0.29, 0.717) is 12.1 Å². The molecule has 0 saturated carbocycles. The highest BCUT2D eigenvalue weighted by Crippen LogP contribution is 2.39. The monoisotopic (exact) mass is 369 g/mol. The van der Waals surface area contributed by atoms with E-state index in [1.165, 1.54) is 0 Å². The summed E-state index contributed by atoms with van der Waals surface area (Å²) in [6, 6.07) is 7.52.